The second-order valence-corrected chi connectivity index (χ2v) is 9.13. The molecule has 0 saturated carbocycles. The van der Waals surface area contributed by atoms with E-state index in [1.54, 1.807) is 43.3 Å². The molecule has 5 N–H and O–H groups in total. The highest BCUT2D eigenvalue weighted by Gasteiger charge is 2.47. The number of carboxylic acid groups (broad SMARTS) is 1. The number of carboxylic acids is 1. The average Bonchev–Trinajstić information content (AvgIpc) is 3.28. The van der Waals surface area contributed by atoms with Gasteiger partial charge < -0.3 is 30.3 Å². The SMILES string of the molecule is Cc1ccc([C@@H]2O[C@H](C(=O)O)[C@@H](O)[C@H](O)[C@H]2O)cc1C(O)c1ccc(-c2ccc(F)cc2)s1. The van der Waals surface area contributed by atoms with Crippen LogP contribution in [-0.2, 0) is 9.53 Å². The minimum absolute atomic E-state index is 0.335. The molecule has 1 saturated heterocycles. The van der Waals surface area contributed by atoms with Crippen LogP contribution < -0.4 is 0 Å². The van der Waals surface area contributed by atoms with Crippen molar-refractivity contribution in [1.82, 2.24) is 0 Å². The van der Waals surface area contributed by atoms with E-state index in [0.717, 1.165) is 16.0 Å². The number of aliphatic hydroxyl groups is 4. The standard InChI is InChI=1S/C24H23FO7S/c1-11-2-3-13(22-20(28)19(27)21(29)23(32-22)24(30)31)10-15(11)18(26)17-9-8-16(33-17)12-4-6-14(25)7-5-12/h2-10,18-23,26-29H,1H3,(H,30,31)/t18?,19-,20-,21+,22+,23+/m1/s1. The van der Waals surface area contributed by atoms with E-state index in [9.17, 15) is 34.7 Å². The number of ether oxygens (including phenoxy) is 1. The van der Waals surface area contributed by atoms with E-state index in [0.29, 0.717) is 16.0 Å². The summed E-state index contributed by atoms with van der Waals surface area (Å²) in [6, 6.07) is 14.5. The molecular weight excluding hydrogens is 451 g/mol. The molecule has 0 spiro atoms. The van der Waals surface area contributed by atoms with Crippen LogP contribution in [0.15, 0.2) is 54.6 Å². The Morgan fingerprint density at radius 3 is 2.36 bits per heavy atom. The first-order valence-electron chi connectivity index (χ1n) is 10.2. The van der Waals surface area contributed by atoms with Gasteiger partial charge in [-0.25, -0.2) is 9.18 Å². The minimum Gasteiger partial charge on any atom is -0.479 e. The summed E-state index contributed by atoms with van der Waals surface area (Å²) >= 11 is 1.35. The molecule has 1 aliphatic heterocycles. The van der Waals surface area contributed by atoms with E-state index in [1.807, 2.05) is 6.07 Å². The lowest BCUT2D eigenvalue weighted by molar-refractivity contribution is -0.229. The summed E-state index contributed by atoms with van der Waals surface area (Å²) in [4.78, 5) is 12.9. The van der Waals surface area contributed by atoms with Crippen molar-refractivity contribution in [1.29, 1.82) is 0 Å². The largest absolute Gasteiger partial charge is 0.479 e. The summed E-state index contributed by atoms with van der Waals surface area (Å²) in [7, 11) is 0. The summed E-state index contributed by atoms with van der Waals surface area (Å²) in [5.41, 5.74) is 2.44. The molecule has 6 atom stereocenters. The number of benzene rings is 2. The number of aliphatic hydroxyl groups excluding tert-OH is 4. The smallest absolute Gasteiger partial charge is 0.335 e. The molecule has 4 rings (SSSR count). The van der Waals surface area contributed by atoms with Gasteiger partial charge in [0, 0.05) is 9.75 Å². The Kier molecular flexibility index (Phi) is 6.62. The summed E-state index contributed by atoms with van der Waals surface area (Å²) < 4.78 is 18.6. The zero-order valence-electron chi connectivity index (χ0n) is 17.5. The van der Waals surface area contributed by atoms with E-state index >= 15 is 0 Å². The van der Waals surface area contributed by atoms with E-state index in [1.165, 1.54) is 23.5 Å². The fraction of sp³-hybridized carbons (Fsp3) is 0.292. The lowest BCUT2D eigenvalue weighted by Gasteiger charge is -2.39. The van der Waals surface area contributed by atoms with E-state index in [-0.39, 0.29) is 5.82 Å². The Balaban J connectivity index is 1.63. The molecule has 0 radical (unpaired) electrons. The Morgan fingerprint density at radius 1 is 1.00 bits per heavy atom. The molecule has 1 fully saturated rings. The molecular formula is C24H23FO7S. The molecule has 1 aromatic heterocycles. The predicted octanol–water partition coefficient (Wildman–Crippen LogP) is 2.55. The third-order valence-electron chi connectivity index (χ3n) is 5.81. The molecule has 1 unspecified atom stereocenters. The molecule has 0 aliphatic carbocycles. The number of rotatable bonds is 5. The number of halogens is 1. The summed E-state index contributed by atoms with van der Waals surface area (Å²) in [6.45, 7) is 1.80. The van der Waals surface area contributed by atoms with Gasteiger partial charge in [-0.05, 0) is 59.5 Å². The van der Waals surface area contributed by atoms with Gasteiger partial charge in [0.25, 0.3) is 0 Å². The number of thiophene rings is 1. The minimum atomic E-state index is -1.78. The molecule has 0 bridgehead atoms. The van der Waals surface area contributed by atoms with Crippen molar-refractivity contribution in [3.8, 4) is 10.4 Å². The average molecular weight is 475 g/mol. The summed E-state index contributed by atoms with van der Waals surface area (Å²) in [5.74, 6) is -1.80. The first-order valence-corrected chi connectivity index (χ1v) is 11.1. The fourth-order valence-electron chi connectivity index (χ4n) is 3.91. The maximum atomic E-state index is 13.2. The van der Waals surface area contributed by atoms with Crippen LogP contribution in [0.1, 0.15) is 33.8 Å². The van der Waals surface area contributed by atoms with Crippen molar-refractivity contribution < 1.29 is 39.5 Å². The highest BCUT2D eigenvalue weighted by molar-refractivity contribution is 7.15. The quantitative estimate of drug-likeness (QED) is 0.385. The van der Waals surface area contributed by atoms with Gasteiger partial charge in [-0.1, -0.05) is 24.3 Å². The number of hydrogen-bond donors (Lipinski definition) is 5. The van der Waals surface area contributed by atoms with E-state index in [2.05, 4.69) is 0 Å². The van der Waals surface area contributed by atoms with Crippen molar-refractivity contribution in [3.63, 3.8) is 0 Å². The van der Waals surface area contributed by atoms with Crippen LogP contribution in [0.3, 0.4) is 0 Å². The number of aliphatic carboxylic acids is 1. The summed E-state index contributed by atoms with van der Waals surface area (Å²) in [6.07, 6.45) is -8.99. The van der Waals surface area contributed by atoms with Gasteiger partial charge in [0.2, 0.25) is 0 Å². The number of aryl methyl sites for hydroxylation is 1. The van der Waals surface area contributed by atoms with Crippen LogP contribution in [0.2, 0.25) is 0 Å². The van der Waals surface area contributed by atoms with Crippen molar-refractivity contribution in [2.24, 2.45) is 0 Å². The van der Waals surface area contributed by atoms with E-state index in [4.69, 9.17) is 4.74 Å². The normalized spacial score (nSPS) is 26.2. The molecule has 2 aromatic carbocycles. The first-order chi connectivity index (χ1) is 15.7. The molecule has 0 amide bonds. The van der Waals surface area contributed by atoms with Crippen molar-refractivity contribution in [3.05, 3.63) is 82.0 Å². The van der Waals surface area contributed by atoms with Gasteiger partial charge in [-0.3, -0.25) is 0 Å². The van der Waals surface area contributed by atoms with Gasteiger partial charge in [-0.15, -0.1) is 11.3 Å². The molecule has 7 nitrogen and oxygen atoms in total. The molecule has 1 aliphatic rings. The molecule has 33 heavy (non-hydrogen) atoms. The zero-order valence-corrected chi connectivity index (χ0v) is 18.3. The topological polar surface area (TPSA) is 127 Å². The number of carbonyl (C=O) groups is 1. The predicted molar refractivity (Wildman–Crippen MR) is 118 cm³/mol. The van der Waals surface area contributed by atoms with Crippen molar-refractivity contribution in [2.45, 2.75) is 43.5 Å². The van der Waals surface area contributed by atoms with Crippen molar-refractivity contribution in [2.75, 3.05) is 0 Å². The highest BCUT2D eigenvalue weighted by atomic mass is 32.1. The van der Waals surface area contributed by atoms with Gasteiger partial charge in [-0.2, -0.15) is 0 Å². The molecule has 2 heterocycles. The Bertz CT molecular complexity index is 1150. The maximum absolute atomic E-state index is 13.2. The Hall–Kier alpha value is -2.66. The fourth-order valence-corrected chi connectivity index (χ4v) is 4.93. The maximum Gasteiger partial charge on any atom is 0.335 e. The van der Waals surface area contributed by atoms with Crippen molar-refractivity contribution >= 4 is 17.3 Å². The highest BCUT2D eigenvalue weighted by Crippen LogP contribution is 2.38. The van der Waals surface area contributed by atoms with Crippen LogP contribution in [0.5, 0.6) is 0 Å². The second kappa shape index (κ2) is 9.30. The lowest BCUT2D eigenvalue weighted by Crippen LogP contribution is -2.56. The van der Waals surface area contributed by atoms with Gasteiger partial charge >= 0.3 is 5.97 Å². The van der Waals surface area contributed by atoms with Crippen LogP contribution in [0, 0.1) is 12.7 Å². The van der Waals surface area contributed by atoms with Gasteiger partial charge in [0.05, 0.1) is 0 Å². The zero-order chi connectivity index (χ0) is 23.9. The second-order valence-electron chi connectivity index (χ2n) is 8.01. The molecule has 174 valence electrons. The van der Waals surface area contributed by atoms with Crippen LogP contribution in [0.4, 0.5) is 4.39 Å². The Labute approximate surface area is 193 Å². The third-order valence-corrected chi connectivity index (χ3v) is 6.99. The van der Waals surface area contributed by atoms with Crippen LogP contribution in [-0.4, -0.2) is 55.9 Å². The van der Waals surface area contributed by atoms with Crippen LogP contribution in [0.25, 0.3) is 10.4 Å². The monoisotopic (exact) mass is 474 g/mol. The van der Waals surface area contributed by atoms with Crippen LogP contribution >= 0.6 is 11.3 Å². The first kappa shape index (κ1) is 23.5. The van der Waals surface area contributed by atoms with Gasteiger partial charge in [0.1, 0.15) is 36.3 Å². The van der Waals surface area contributed by atoms with Gasteiger partial charge in [0.15, 0.2) is 6.10 Å². The Morgan fingerprint density at radius 2 is 1.70 bits per heavy atom. The molecule has 3 aromatic rings. The lowest BCUT2D eigenvalue weighted by atomic mass is 9.89. The third kappa shape index (κ3) is 4.56. The number of hydrogen-bond acceptors (Lipinski definition) is 7. The summed E-state index contributed by atoms with van der Waals surface area (Å²) in [5, 5.41) is 50.8. The molecule has 9 heteroatoms. The van der Waals surface area contributed by atoms with E-state index < -0.39 is 42.6 Å².